The van der Waals surface area contributed by atoms with Gasteiger partial charge in [0, 0.05) is 37.8 Å². The van der Waals surface area contributed by atoms with Crippen molar-refractivity contribution >= 4 is 21.9 Å². The number of hydrogen-bond donors (Lipinski definition) is 0. The normalized spacial score (nSPS) is 19.7. The molecule has 10 heteroatoms. The zero-order chi connectivity index (χ0) is 30.8. The summed E-state index contributed by atoms with van der Waals surface area (Å²) < 4.78 is 39.8. The number of benzene rings is 2. The molecule has 0 radical (unpaired) electrons. The van der Waals surface area contributed by atoms with E-state index < -0.39 is 15.6 Å². The molecule has 0 N–H and O–H groups in total. The molecule has 228 valence electrons. The van der Waals surface area contributed by atoms with Gasteiger partial charge in [0.15, 0.2) is 5.78 Å². The maximum absolute atomic E-state index is 13.7. The van der Waals surface area contributed by atoms with Crippen molar-refractivity contribution in [1.29, 1.82) is 0 Å². The van der Waals surface area contributed by atoms with Gasteiger partial charge in [-0.15, -0.1) is 0 Å². The van der Waals surface area contributed by atoms with Crippen LogP contribution in [0.3, 0.4) is 0 Å². The molecule has 5 rings (SSSR count). The highest BCUT2D eigenvalue weighted by Gasteiger charge is 2.57. The largest absolute Gasteiger partial charge is 0.494 e. The number of Topliss-reactive ketones (excluding diaryl/α,β-unsaturated/α-hetero) is 1. The van der Waals surface area contributed by atoms with E-state index in [4.69, 9.17) is 9.47 Å². The summed E-state index contributed by atoms with van der Waals surface area (Å²) in [6, 6.07) is 19.0. The lowest BCUT2D eigenvalue weighted by molar-refractivity contribution is 0.0265. The Hall–Kier alpha value is -3.76. The zero-order valence-corrected chi connectivity index (χ0v) is 25.9. The van der Waals surface area contributed by atoms with Crippen LogP contribution in [0.1, 0.15) is 55.7 Å². The fraction of sp³-hybridized carbons (Fsp3) is 0.424. The summed E-state index contributed by atoms with van der Waals surface area (Å²) in [6.07, 6.45) is 1.79. The van der Waals surface area contributed by atoms with Gasteiger partial charge in [-0.3, -0.25) is 9.78 Å². The third-order valence-electron chi connectivity index (χ3n) is 7.92. The van der Waals surface area contributed by atoms with Crippen LogP contribution in [-0.4, -0.2) is 59.8 Å². The minimum Gasteiger partial charge on any atom is -0.494 e. The Kier molecular flexibility index (Phi) is 8.89. The summed E-state index contributed by atoms with van der Waals surface area (Å²) in [4.78, 5) is 31.7. The minimum atomic E-state index is -3.86. The van der Waals surface area contributed by atoms with Crippen LogP contribution in [0.4, 0.5) is 4.79 Å². The monoisotopic (exact) mass is 605 g/mol. The van der Waals surface area contributed by atoms with Crippen molar-refractivity contribution in [2.75, 3.05) is 19.7 Å². The molecule has 2 fully saturated rings. The van der Waals surface area contributed by atoms with Crippen molar-refractivity contribution < 1.29 is 27.5 Å². The van der Waals surface area contributed by atoms with Crippen molar-refractivity contribution in [1.82, 2.24) is 14.2 Å². The van der Waals surface area contributed by atoms with Crippen LogP contribution >= 0.6 is 0 Å². The summed E-state index contributed by atoms with van der Waals surface area (Å²) in [6.45, 7) is 9.40. The highest BCUT2D eigenvalue weighted by Crippen LogP contribution is 2.54. The van der Waals surface area contributed by atoms with Crippen LogP contribution in [0.5, 0.6) is 5.75 Å². The number of aromatic nitrogens is 1. The van der Waals surface area contributed by atoms with E-state index in [1.54, 1.807) is 59.6 Å². The molecular weight excluding hydrogens is 566 g/mol. The molecule has 1 saturated heterocycles. The van der Waals surface area contributed by atoms with Crippen LogP contribution in [0.2, 0.25) is 0 Å². The number of likely N-dealkylation sites (tertiary alicyclic amines) is 1. The highest BCUT2D eigenvalue weighted by molar-refractivity contribution is 7.89. The third-order valence-corrected chi connectivity index (χ3v) is 9.72. The summed E-state index contributed by atoms with van der Waals surface area (Å²) in [7, 11) is -3.86. The maximum Gasteiger partial charge on any atom is 0.410 e. The zero-order valence-electron chi connectivity index (χ0n) is 25.1. The van der Waals surface area contributed by atoms with Crippen LogP contribution in [0, 0.1) is 17.8 Å². The Bertz CT molecular complexity index is 1520. The van der Waals surface area contributed by atoms with E-state index in [0.29, 0.717) is 55.0 Å². The molecule has 3 atom stereocenters. The molecule has 1 amide bonds. The molecule has 3 aromatic rings. The van der Waals surface area contributed by atoms with Gasteiger partial charge in [0.25, 0.3) is 0 Å². The number of amides is 1. The number of ether oxygens (including phenoxy) is 2. The number of pyridine rings is 1. The predicted molar refractivity (Wildman–Crippen MR) is 162 cm³/mol. The Morgan fingerprint density at radius 3 is 2.21 bits per heavy atom. The van der Waals surface area contributed by atoms with Gasteiger partial charge in [0.05, 0.1) is 23.7 Å². The van der Waals surface area contributed by atoms with Gasteiger partial charge in [-0.2, -0.15) is 4.31 Å². The van der Waals surface area contributed by atoms with E-state index in [2.05, 4.69) is 4.98 Å². The predicted octanol–water partition coefficient (Wildman–Crippen LogP) is 5.56. The lowest BCUT2D eigenvalue weighted by atomic mass is 10.0. The maximum atomic E-state index is 13.7. The standard InChI is InChI=1S/C33H39N3O6S/c1-5-41-26-13-15-27(16-14-26)43(39,40)36(20-25-8-6-7-17-34-25)19-23-9-11-24(12-10-23)31(37)18-28-29-21-35(22-30(28)29)32(38)42-33(2,3)4/h6-17,28-30H,5,18-22H2,1-4H3/t28?,29-,30+. The SMILES string of the molecule is CCOc1ccc(S(=O)(=O)N(Cc2ccc(C(=O)CC3[C@H]4CN(C(=O)OC(C)(C)C)C[C@@H]34)cc2)Cc2ccccn2)cc1. The van der Waals surface area contributed by atoms with E-state index in [9.17, 15) is 18.0 Å². The summed E-state index contributed by atoms with van der Waals surface area (Å²) in [5, 5.41) is 0. The van der Waals surface area contributed by atoms with Crippen LogP contribution in [0.25, 0.3) is 0 Å². The third kappa shape index (κ3) is 7.43. The van der Waals surface area contributed by atoms with E-state index in [1.165, 1.54) is 4.31 Å². The molecule has 1 saturated carbocycles. The molecule has 43 heavy (non-hydrogen) atoms. The molecular formula is C33H39N3O6S. The first-order valence-corrected chi connectivity index (χ1v) is 16.1. The summed E-state index contributed by atoms with van der Waals surface area (Å²) in [5.41, 5.74) is 1.46. The fourth-order valence-corrected chi connectivity index (χ4v) is 7.08. The number of nitrogens with zero attached hydrogens (tertiary/aromatic N) is 3. The Labute approximate surface area is 253 Å². The Morgan fingerprint density at radius 2 is 1.63 bits per heavy atom. The van der Waals surface area contributed by atoms with Gasteiger partial charge in [0.1, 0.15) is 11.4 Å². The second-order valence-electron chi connectivity index (χ2n) is 12.2. The molecule has 1 unspecified atom stereocenters. The van der Waals surface area contributed by atoms with Crippen LogP contribution < -0.4 is 4.74 Å². The number of carbonyl (C=O) groups excluding carboxylic acids is 2. The molecule has 2 aromatic carbocycles. The van der Waals surface area contributed by atoms with Crippen LogP contribution in [0.15, 0.2) is 77.8 Å². The highest BCUT2D eigenvalue weighted by atomic mass is 32.2. The van der Waals surface area contributed by atoms with Crippen molar-refractivity contribution in [3.63, 3.8) is 0 Å². The van der Waals surface area contributed by atoms with Crippen molar-refractivity contribution in [2.24, 2.45) is 17.8 Å². The first-order valence-electron chi connectivity index (χ1n) is 14.7. The van der Waals surface area contributed by atoms with Gasteiger partial charge in [-0.25, -0.2) is 13.2 Å². The van der Waals surface area contributed by atoms with Gasteiger partial charge >= 0.3 is 6.09 Å². The fourth-order valence-electron chi connectivity index (χ4n) is 5.68. The smallest absolute Gasteiger partial charge is 0.410 e. The number of rotatable bonds is 11. The van der Waals surface area contributed by atoms with Crippen LogP contribution in [-0.2, 0) is 27.8 Å². The minimum absolute atomic E-state index is 0.0575. The summed E-state index contributed by atoms with van der Waals surface area (Å²) >= 11 is 0. The average Bonchev–Trinajstić information content (AvgIpc) is 3.39. The molecule has 9 nitrogen and oxygen atoms in total. The van der Waals surface area contributed by atoms with E-state index in [0.717, 1.165) is 5.56 Å². The Balaban J connectivity index is 1.22. The van der Waals surface area contributed by atoms with Crippen molar-refractivity contribution in [2.45, 2.75) is 57.7 Å². The van der Waals surface area contributed by atoms with Gasteiger partial charge < -0.3 is 14.4 Å². The van der Waals surface area contributed by atoms with Crippen molar-refractivity contribution in [3.05, 3.63) is 89.7 Å². The molecule has 0 spiro atoms. The Morgan fingerprint density at radius 1 is 0.953 bits per heavy atom. The topological polar surface area (TPSA) is 106 Å². The number of hydrogen-bond acceptors (Lipinski definition) is 7. The molecule has 2 aliphatic rings. The molecule has 1 aromatic heterocycles. The first kappa shape index (κ1) is 30.7. The second-order valence-corrected chi connectivity index (χ2v) is 14.1. The number of ketones is 1. The number of piperidine rings is 1. The van der Waals surface area contributed by atoms with Gasteiger partial charge in [-0.05, 0) is 87.4 Å². The number of fused-ring (bicyclic) bond motifs is 1. The molecule has 1 aliphatic heterocycles. The average molecular weight is 606 g/mol. The van der Waals surface area contributed by atoms with Gasteiger partial charge in [0.2, 0.25) is 10.0 Å². The van der Waals surface area contributed by atoms with E-state index in [1.807, 2.05) is 45.9 Å². The van der Waals surface area contributed by atoms with E-state index >= 15 is 0 Å². The molecule has 1 aliphatic carbocycles. The van der Waals surface area contributed by atoms with Gasteiger partial charge in [-0.1, -0.05) is 30.3 Å². The van der Waals surface area contributed by atoms with E-state index in [-0.39, 0.29) is 35.8 Å². The second kappa shape index (κ2) is 12.5. The number of sulfonamides is 1. The van der Waals surface area contributed by atoms with Crippen molar-refractivity contribution in [3.8, 4) is 5.75 Å². The lowest BCUT2D eigenvalue weighted by Crippen LogP contribution is -2.37. The first-order chi connectivity index (χ1) is 20.4. The molecule has 0 bridgehead atoms. The quantitative estimate of drug-likeness (QED) is 0.264. The lowest BCUT2D eigenvalue weighted by Gasteiger charge is -2.25. The number of carbonyl (C=O) groups is 2. The summed E-state index contributed by atoms with van der Waals surface area (Å²) in [5.74, 6) is 1.61. The molecule has 2 heterocycles.